The highest BCUT2D eigenvalue weighted by Crippen LogP contribution is 2.63. The molecule has 0 bridgehead atoms. The fourth-order valence-corrected chi connectivity index (χ4v) is 6.27. The number of fused-ring (bicyclic) bond motifs is 3. The zero-order chi connectivity index (χ0) is 16.7. The maximum Gasteiger partial charge on any atom is 0.305 e. The standard InChI is InChI=1S/C20H33NO2/c1-19-10-4-5-16(19)15-7-6-14(13-21)20(2,17(15)8-11-19)12-9-18(22)23-3/h4,10,14-17H,5-9,11-13,21H2,1-3H3/t14?,15?,16?,17-,19?,20?/m0/s1. The van der Waals surface area contributed by atoms with E-state index in [1.54, 1.807) is 0 Å². The normalized spacial score (nSPS) is 45.4. The molecule has 0 spiro atoms. The smallest absolute Gasteiger partial charge is 0.305 e. The molecule has 3 nitrogen and oxygen atoms in total. The lowest BCUT2D eigenvalue weighted by molar-refractivity contribution is -0.143. The third-order valence-corrected chi connectivity index (χ3v) is 7.77. The Balaban J connectivity index is 1.82. The van der Waals surface area contributed by atoms with Crippen molar-refractivity contribution in [3.05, 3.63) is 12.2 Å². The summed E-state index contributed by atoms with van der Waals surface area (Å²) in [6.45, 7) is 5.62. The maximum atomic E-state index is 11.7. The molecular formula is C20H33NO2. The number of hydrogen-bond acceptors (Lipinski definition) is 3. The van der Waals surface area contributed by atoms with Crippen molar-refractivity contribution in [3.63, 3.8) is 0 Å². The van der Waals surface area contributed by atoms with Crippen LogP contribution in [-0.2, 0) is 9.53 Å². The van der Waals surface area contributed by atoms with E-state index in [-0.39, 0.29) is 11.4 Å². The second-order valence-electron chi connectivity index (χ2n) is 8.65. The second-order valence-corrected chi connectivity index (χ2v) is 8.65. The molecule has 3 aliphatic carbocycles. The Morgan fingerprint density at radius 2 is 2.04 bits per heavy atom. The van der Waals surface area contributed by atoms with Crippen molar-refractivity contribution >= 4 is 5.97 Å². The predicted molar refractivity (Wildman–Crippen MR) is 92.7 cm³/mol. The number of allylic oxidation sites excluding steroid dienone is 2. The van der Waals surface area contributed by atoms with E-state index >= 15 is 0 Å². The zero-order valence-corrected chi connectivity index (χ0v) is 15.0. The molecule has 2 fully saturated rings. The fraction of sp³-hybridized carbons (Fsp3) is 0.850. The zero-order valence-electron chi connectivity index (χ0n) is 15.0. The average molecular weight is 319 g/mol. The lowest BCUT2D eigenvalue weighted by Crippen LogP contribution is -2.52. The molecule has 130 valence electrons. The summed E-state index contributed by atoms with van der Waals surface area (Å²) in [7, 11) is 1.49. The number of methoxy groups -OCH3 is 1. The van der Waals surface area contributed by atoms with E-state index in [0.29, 0.717) is 23.7 Å². The van der Waals surface area contributed by atoms with Gasteiger partial charge in [0.25, 0.3) is 0 Å². The molecule has 23 heavy (non-hydrogen) atoms. The minimum atomic E-state index is -0.0766. The highest BCUT2D eigenvalue weighted by atomic mass is 16.5. The van der Waals surface area contributed by atoms with Crippen LogP contribution in [0.5, 0.6) is 0 Å². The lowest BCUT2D eigenvalue weighted by Gasteiger charge is -2.58. The van der Waals surface area contributed by atoms with Crippen LogP contribution in [0.4, 0.5) is 0 Å². The van der Waals surface area contributed by atoms with Gasteiger partial charge in [-0.25, -0.2) is 0 Å². The molecule has 3 heteroatoms. The first-order chi connectivity index (χ1) is 10.9. The van der Waals surface area contributed by atoms with E-state index in [1.165, 1.54) is 39.2 Å². The Morgan fingerprint density at radius 1 is 1.26 bits per heavy atom. The predicted octanol–water partition coefficient (Wildman–Crippen LogP) is 3.92. The summed E-state index contributed by atoms with van der Waals surface area (Å²) >= 11 is 0. The van der Waals surface area contributed by atoms with Crippen LogP contribution in [0.2, 0.25) is 0 Å². The summed E-state index contributed by atoms with van der Waals surface area (Å²) < 4.78 is 4.90. The van der Waals surface area contributed by atoms with Crippen molar-refractivity contribution in [1.82, 2.24) is 0 Å². The summed E-state index contributed by atoms with van der Waals surface area (Å²) in [6.07, 6.45) is 12.7. The van der Waals surface area contributed by atoms with E-state index in [1.807, 2.05) is 0 Å². The summed E-state index contributed by atoms with van der Waals surface area (Å²) in [5.41, 5.74) is 6.75. The molecule has 0 aromatic rings. The molecule has 0 aliphatic heterocycles. The lowest BCUT2D eigenvalue weighted by atomic mass is 9.47. The SMILES string of the molecule is COC(=O)CCC1(C)C(CN)CCC2C3CC=CC3(C)CC[C@@H]21. The molecule has 0 aromatic carbocycles. The molecule has 0 heterocycles. The molecule has 5 unspecified atom stereocenters. The molecule has 0 saturated heterocycles. The van der Waals surface area contributed by atoms with Gasteiger partial charge in [-0.15, -0.1) is 0 Å². The second kappa shape index (κ2) is 6.23. The minimum absolute atomic E-state index is 0.0766. The third kappa shape index (κ3) is 2.75. The number of carbonyl (C=O) groups excluding carboxylic acids is 1. The van der Waals surface area contributed by atoms with Gasteiger partial charge in [-0.2, -0.15) is 0 Å². The fourth-order valence-electron chi connectivity index (χ4n) is 6.27. The Bertz CT molecular complexity index is 488. The molecule has 3 rings (SSSR count). The van der Waals surface area contributed by atoms with Gasteiger partial charge in [-0.1, -0.05) is 26.0 Å². The molecule has 6 atom stereocenters. The summed E-state index contributed by atoms with van der Waals surface area (Å²) in [4.78, 5) is 11.7. The van der Waals surface area contributed by atoms with Crippen LogP contribution in [0.25, 0.3) is 0 Å². The number of nitrogens with two attached hydrogens (primary N) is 1. The van der Waals surface area contributed by atoms with Crippen molar-refractivity contribution in [2.75, 3.05) is 13.7 Å². The quantitative estimate of drug-likeness (QED) is 0.631. The molecular weight excluding hydrogens is 286 g/mol. The average Bonchev–Trinajstić information content (AvgIpc) is 2.95. The largest absolute Gasteiger partial charge is 0.469 e. The monoisotopic (exact) mass is 319 g/mol. The summed E-state index contributed by atoms with van der Waals surface area (Å²) in [5.74, 6) is 2.79. The molecule has 0 amide bonds. The Morgan fingerprint density at radius 3 is 2.74 bits per heavy atom. The summed E-state index contributed by atoms with van der Waals surface area (Å²) in [6, 6.07) is 0. The first-order valence-electron chi connectivity index (χ1n) is 9.39. The first kappa shape index (κ1) is 17.0. The van der Waals surface area contributed by atoms with Gasteiger partial charge >= 0.3 is 5.97 Å². The molecule has 0 aromatic heterocycles. The van der Waals surface area contributed by atoms with Crippen LogP contribution < -0.4 is 5.73 Å². The number of esters is 1. The van der Waals surface area contributed by atoms with Crippen LogP contribution in [0, 0.1) is 34.5 Å². The first-order valence-corrected chi connectivity index (χ1v) is 9.39. The Hall–Kier alpha value is -0.830. The summed E-state index contributed by atoms with van der Waals surface area (Å²) in [5, 5.41) is 0. The van der Waals surface area contributed by atoms with Gasteiger partial charge in [0.05, 0.1) is 7.11 Å². The Labute approximate surface area is 141 Å². The van der Waals surface area contributed by atoms with Crippen LogP contribution in [-0.4, -0.2) is 19.6 Å². The number of hydrogen-bond donors (Lipinski definition) is 1. The molecule has 3 aliphatic rings. The van der Waals surface area contributed by atoms with Gasteiger partial charge in [0.15, 0.2) is 0 Å². The minimum Gasteiger partial charge on any atom is -0.469 e. The van der Waals surface area contributed by atoms with Gasteiger partial charge in [-0.05, 0) is 79.6 Å². The van der Waals surface area contributed by atoms with Crippen LogP contribution in [0.1, 0.15) is 58.8 Å². The number of carbonyl (C=O) groups is 1. The van der Waals surface area contributed by atoms with E-state index in [9.17, 15) is 4.79 Å². The topological polar surface area (TPSA) is 52.3 Å². The van der Waals surface area contributed by atoms with Crippen LogP contribution in [0.3, 0.4) is 0 Å². The molecule has 2 saturated carbocycles. The van der Waals surface area contributed by atoms with E-state index < -0.39 is 0 Å². The van der Waals surface area contributed by atoms with E-state index in [4.69, 9.17) is 10.5 Å². The third-order valence-electron chi connectivity index (χ3n) is 7.77. The number of rotatable bonds is 4. The van der Waals surface area contributed by atoms with E-state index in [0.717, 1.165) is 24.8 Å². The Kier molecular flexibility index (Phi) is 4.61. The van der Waals surface area contributed by atoms with Crippen molar-refractivity contribution in [2.45, 2.75) is 58.8 Å². The van der Waals surface area contributed by atoms with Crippen molar-refractivity contribution in [1.29, 1.82) is 0 Å². The van der Waals surface area contributed by atoms with Crippen LogP contribution >= 0.6 is 0 Å². The van der Waals surface area contributed by atoms with Gasteiger partial charge in [0.2, 0.25) is 0 Å². The highest BCUT2D eigenvalue weighted by molar-refractivity contribution is 5.69. The molecule has 0 radical (unpaired) electrons. The van der Waals surface area contributed by atoms with Crippen molar-refractivity contribution in [3.8, 4) is 0 Å². The van der Waals surface area contributed by atoms with E-state index in [2.05, 4.69) is 26.0 Å². The number of ether oxygens (including phenoxy) is 1. The van der Waals surface area contributed by atoms with Crippen molar-refractivity contribution in [2.24, 2.45) is 40.2 Å². The van der Waals surface area contributed by atoms with Gasteiger partial charge < -0.3 is 10.5 Å². The highest BCUT2D eigenvalue weighted by Gasteiger charge is 2.55. The van der Waals surface area contributed by atoms with Gasteiger partial charge in [-0.3, -0.25) is 4.79 Å². The van der Waals surface area contributed by atoms with Gasteiger partial charge in [0.1, 0.15) is 0 Å². The van der Waals surface area contributed by atoms with Crippen molar-refractivity contribution < 1.29 is 9.53 Å². The van der Waals surface area contributed by atoms with Crippen LogP contribution in [0.15, 0.2) is 12.2 Å². The van der Waals surface area contributed by atoms with Gasteiger partial charge in [0, 0.05) is 6.42 Å². The maximum absolute atomic E-state index is 11.7. The molecule has 2 N–H and O–H groups in total.